The summed E-state index contributed by atoms with van der Waals surface area (Å²) in [5.74, 6) is 1.17. The average molecular weight is 360 g/mol. The molecule has 2 aromatic rings. The van der Waals surface area contributed by atoms with Gasteiger partial charge < -0.3 is 14.8 Å². The Balaban J connectivity index is 1.68. The van der Waals surface area contributed by atoms with Crippen LogP contribution in [0.25, 0.3) is 0 Å². The first-order chi connectivity index (χ1) is 10.6. The number of aryl methyl sites for hydroxylation is 1. The first-order valence-corrected chi connectivity index (χ1v) is 7.56. The minimum atomic E-state index is -0.103. The summed E-state index contributed by atoms with van der Waals surface area (Å²) < 4.78 is 11.4. The van der Waals surface area contributed by atoms with Crippen molar-refractivity contribution in [3.8, 4) is 11.5 Å². The van der Waals surface area contributed by atoms with Gasteiger partial charge in [-0.2, -0.15) is 0 Å². The van der Waals surface area contributed by atoms with Gasteiger partial charge in [-0.25, -0.2) is 0 Å². The maximum absolute atomic E-state index is 12.1. The molecule has 5 heteroatoms. The smallest absolute Gasteiger partial charge is 0.231 e. The third-order valence-electron chi connectivity index (χ3n) is 3.26. The zero-order valence-electron chi connectivity index (χ0n) is 11.9. The Labute approximate surface area is 136 Å². The maximum atomic E-state index is 12.1. The van der Waals surface area contributed by atoms with Gasteiger partial charge in [-0.3, -0.25) is 4.79 Å². The van der Waals surface area contributed by atoms with E-state index in [0.717, 1.165) is 15.7 Å². The molecule has 0 radical (unpaired) electrons. The van der Waals surface area contributed by atoms with Gasteiger partial charge in [0.2, 0.25) is 6.79 Å². The Kier molecular flexibility index (Phi) is 4.15. The third-order valence-corrected chi connectivity index (χ3v) is 3.91. The molecule has 0 amide bonds. The lowest BCUT2D eigenvalue weighted by atomic mass is 10.1. The predicted molar refractivity (Wildman–Crippen MR) is 88.5 cm³/mol. The van der Waals surface area contributed by atoms with E-state index < -0.39 is 0 Å². The molecular weight excluding hydrogens is 346 g/mol. The Morgan fingerprint density at radius 3 is 2.82 bits per heavy atom. The maximum Gasteiger partial charge on any atom is 0.231 e. The predicted octanol–water partition coefficient (Wildman–Crippen LogP) is 4.29. The molecule has 22 heavy (non-hydrogen) atoms. The summed E-state index contributed by atoms with van der Waals surface area (Å²) in [6.07, 6.45) is 3.12. The van der Waals surface area contributed by atoms with E-state index in [1.165, 1.54) is 6.08 Å². The van der Waals surface area contributed by atoms with Crippen LogP contribution in [0.15, 0.2) is 53.1 Å². The fourth-order valence-electron chi connectivity index (χ4n) is 2.09. The van der Waals surface area contributed by atoms with Crippen molar-refractivity contribution < 1.29 is 14.3 Å². The van der Waals surface area contributed by atoms with Gasteiger partial charge in [-0.1, -0.05) is 6.07 Å². The molecule has 1 aliphatic rings. The second-order valence-corrected chi connectivity index (χ2v) is 5.75. The van der Waals surface area contributed by atoms with Gasteiger partial charge in [-0.05, 0) is 58.7 Å². The number of carbonyl (C=O) groups is 1. The Bertz CT molecular complexity index is 756. The molecule has 1 heterocycles. The van der Waals surface area contributed by atoms with Crippen LogP contribution in [0, 0.1) is 6.92 Å². The summed E-state index contributed by atoms with van der Waals surface area (Å²) >= 11 is 3.48. The lowest BCUT2D eigenvalue weighted by molar-refractivity contribution is 0.104. The molecule has 0 fully saturated rings. The van der Waals surface area contributed by atoms with Crippen LogP contribution in [-0.2, 0) is 0 Å². The largest absolute Gasteiger partial charge is 0.454 e. The number of ether oxygens (including phenoxy) is 2. The number of fused-ring (bicyclic) bond motifs is 1. The van der Waals surface area contributed by atoms with Gasteiger partial charge in [-0.15, -0.1) is 0 Å². The standard InChI is InChI=1S/C17H14BrNO3/c1-11-2-4-14(13(18)8-11)19-7-6-15(20)12-3-5-16-17(9-12)22-10-21-16/h2-9,19H,10H2,1H3/b7-6+. The summed E-state index contributed by atoms with van der Waals surface area (Å²) in [5.41, 5.74) is 2.63. The number of anilines is 1. The lowest BCUT2D eigenvalue weighted by Crippen LogP contribution is -1.97. The molecule has 1 aliphatic heterocycles. The highest BCUT2D eigenvalue weighted by Gasteiger charge is 2.14. The molecular formula is C17H14BrNO3. The van der Waals surface area contributed by atoms with Gasteiger partial charge in [0, 0.05) is 22.3 Å². The minimum Gasteiger partial charge on any atom is -0.454 e. The highest BCUT2D eigenvalue weighted by molar-refractivity contribution is 9.10. The van der Waals surface area contributed by atoms with Gasteiger partial charge in [0.25, 0.3) is 0 Å². The Morgan fingerprint density at radius 1 is 1.18 bits per heavy atom. The first kappa shape index (κ1) is 14.7. The summed E-state index contributed by atoms with van der Waals surface area (Å²) in [4.78, 5) is 12.1. The van der Waals surface area contributed by atoms with Crippen molar-refractivity contribution in [2.45, 2.75) is 6.92 Å². The van der Waals surface area contributed by atoms with Crippen molar-refractivity contribution in [1.82, 2.24) is 0 Å². The second kappa shape index (κ2) is 6.23. The Hall–Kier alpha value is -2.27. The van der Waals surface area contributed by atoms with Crippen LogP contribution in [0.3, 0.4) is 0 Å². The number of ketones is 1. The number of carbonyl (C=O) groups excluding carboxylic acids is 1. The zero-order chi connectivity index (χ0) is 15.5. The van der Waals surface area contributed by atoms with Crippen LogP contribution < -0.4 is 14.8 Å². The van der Waals surface area contributed by atoms with E-state index in [9.17, 15) is 4.79 Å². The topological polar surface area (TPSA) is 47.6 Å². The van der Waals surface area contributed by atoms with E-state index in [2.05, 4.69) is 21.2 Å². The van der Waals surface area contributed by atoms with Crippen molar-refractivity contribution in [3.63, 3.8) is 0 Å². The van der Waals surface area contributed by atoms with Crippen LogP contribution in [0.5, 0.6) is 11.5 Å². The summed E-state index contributed by atoms with van der Waals surface area (Å²) in [6, 6.07) is 11.1. The molecule has 0 unspecified atom stereocenters. The van der Waals surface area contributed by atoms with E-state index >= 15 is 0 Å². The van der Waals surface area contributed by atoms with Crippen molar-refractivity contribution in [1.29, 1.82) is 0 Å². The van der Waals surface area contributed by atoms with Gasteiger partial charge in [0.15, 0.2) is 17.3 Å². The summed E-state index contributed by atoms with van der Waals surface area (Å²) in [7, 11) is 0. The van der Waals surface area contributed by atoms with E-state index in [4.69, 9.17) is 9.47 Å². The molecule has 0 aromatic heterocycles. The number of rotatable bonds is 4. The van der Waals surface area contributed by atoms with Crippen LogP contribution in [0.1, 0.15) is 15.9 Å². The van der Waals surface area contributed by atoms with Crippen LogP contribution in [0.2, 0.25) is 0 Å². The summed E-state index contributed by atoms with van der Waals surface area (Å²) in [5, 5.41) is 3.09. The summed E-state index contributed by atoms with van der Waals surface area (Å²) in [6.45, 7) is 2.22. The molecule has 0 aliphatic carbocycles. The van der Waals surface area contributed by atoms with E-state index in [1.54, 1.807) is 24.4 Å². The van der Waals surface area contributed by atoms with Crippen LogP contribution in [-0.4, -0.2) is 12.6 Å². The molecule has 0 spiro atoms. The number of nitrogens with one attached hydrogen (secondary N) is 1. The quantitative estimate of drug-likeness (QED) is 0.653. The molecule has 1 N–H and O–H groups in total. The second-order valence-electron chi connectivity index (χ2n) is 4.89. The Morgan fingerprint density at radius 2 is 2.00 bits per heavy atom. The number of halogens is 1. The number of hydrogen-bond donors (Lipinski definition) is 1. The highest BCUT2D eigenvalue weighted by Crippen LogP contribution is 2.32. The van der Waals surface area contributed by atoms with Crippen LogP contribution >= 0.6 is 15.9 Å². The van der Waals surface area contributed by atoms with E-state index in [-0.39, 0.29) is 12.6 Å². The monoisotopic (exact) mass is 359 g/mol. The van der Waals surface area contributed by atoms with Gasteiger partial charge >= 0.3 is 0 Å². The normalized spacial score (nSPS) is 12.6. The van der Waals surface area contributed by atoms with Crippen molar-refractivity contribution >= 4 is 27.4 Å². The molecule has 0 atom stereocenters. The zero-order valence-corrected chi connectivity index (χ0v) is 13.5. The average Bonchev–Trinajstić information content (AvgIpc) is 2.96. The highest BCUT2D eigenvalue weighted by atomic mass is 79.9. The first-order valence-electron chi connectivity index (χ1n) is 6.77. The molecule has 112 valence electrons. The minimum absolute atomic E-state index is 0.103. The van der Waals surface area contributed by atoms with Gasteiger partial charge in [0.1, 0.15) is 0 Å². The van der Waals surface area contributed by atoms with Crippen molar-refractivity contribution in [2.75, 3.05) is 12.1 Å². The van der Waals surface area contributed by atoms with E-state index in [0.29, 0.717) is 17.1 Å². The number of allylic oxidation sites excluding steroid dienone is 1. The van der Waals surface area contributed by atoms with Gasteiger partial charge in [0.05, 0.1) is 5.69 Å². The molecule has 4 nitrogen and oxygen atoms in total. The van der Waals surface area contributed by atoms with E-state index in [1.807, 2.05) is 25.1 Å². The molecule has 3 rings (SSSR count). The van der Waals surface area contributed by atoms with Crippen LogP contribution in [0.4, 0.5) is 5.69 Å². The molecule has 2 aromatic carbocycles. The third kappa shape index (κ3) is 3.14. The van der Waals surface area contributed by atoms with Crippen molar-refractivity contribution in [2.24, 2.45) is 0 Å². The lowest BCUT2D eigenvalue weighted by Gasteiger charge is -2.04. The molecule has 0 saturated carbocycles. The molecule has 0 bridgehead atoms. The fraction of sp³-hybridized carbons (Fsp3) is 0.118. The SMILES string of the molecule is Cc1ccc(N/C=C/C(=O)c2ccc3c(c2)OCO3)c(Br)c1. The fourth-order valence-corrected chi connectivity index (χ4v) is 2.70. The van der Waals surface area contributed by atoms with Crippen molar-refractivity contribution in [3.05, 3.63) is 64.3 Å². The molecule has 0 saturated heterocycles. The number of benzene rings is 2. The number of hydrogen-bond acceptors (Lipinski definition) is 4.